The van der Waals surface area contributed by atoms with Gasteiger partial charge in [0.05, 0.1) is 0 Å². The van der Waals surface area contributed by atoms with E-state index in [4.69, 9.17) is 0 Å². The lowest BCUT2D eigenvalue weighted by atomic mass is 9.95. The van der Waals surface area contributed by atoms with Crippen LogP contribution in [0.4, 0.5) is 0 Å². The highest BCUT2D eigenvalue weighted by Gasteiger charge is 2.02. The van der Waals surface area contributed by atoms with E-state index in [1.807, 2.05) is 0 Å². The third-order valence-electron chi connectivity index (χ3n) is 2.83. The molecule has 0 aliphatic carbocycles. The molecule has 0 aromatic heterocycles. The molecular formula is C12H24. The Kier molecular flexibility index (Phi) is 7.23. The van der Waals surface area contributed by atoms with E-state index in [0.717, 1.165) is 11.8 Å². The zero-order chi connectivity index (χ0) is 9.40. The predicted octanol–water partition coefficient (Wildman–Crippen LogP) is 4.42. The van der Waals surface area contributed by atoms with E-state index >= 15 is 0 Å². The molecule has 2 atom stereocenters. The zero-order valence-corrected chi connectivity index (χ0v) is 8.97. The van der Waals surface area contributed by atoms with E-state index < -0.39 is 0 Å². The summed E-state index contributed by atoms with van der Waals surface area (Å²) in [5.41, 5.74) is 0. The maximum atomic E-state index is 3.85. The minimum Gasteiger partial charge on any atom is -0.103 e. The third kappa shape index (κ3) is 5.40. The van der Waals surface area contributed by atoms with E-state index in [-0.39, 0.29) is 0 Å². The van der Waals surface area contributed by atoms with E-state index in [1.54, 1.807) is 0 Å². The van der Waals surface area contributed by atoms with Gasteiger partial charge in [-0.1, -0.05) is 46.1 Å². The Hall–Kier alpha value is -0.260. The number of rotatable bonds is 7. The van der Waals surface area contributed by atoms with Crippen molar-refractivity contribution in [3.63, 3.8) is 0 Å². The molecule has 0 radical (unpaired) electrons. The van der Waals surface area contributed by atoms with Gasteiger partial charge in [0.1, 0.15) is 0 Å². The molecule has 0 aliphatic rings. The van der Waals surface area contributed by atoms with Gasteiger partial charge in [0.2, 0.25) is 0 Å². The van der Waals surface area contributed by atoms with Crippen LogP contribution >= 0.6 is 0 Å². The summed E-state index contributed by atoms with van der Waals surface area (Å²) in [5.74, 6) is 1.67. The van der Waals surface area contributed by atoms with Crippen molar-refractivity contribution >= 4 is 0 Å². The van der Waals surface area contributed by atoms with Crippen LogP contribution in [0.1, 0.15) is 52.9 Å². The summed E-state index contributed by atoms with van der Waals surface area (Å²) in [7, 11) is 0. The molecule has 0 heteroatoms. The molecule has 0 rings (SSSR count). The van der Waals surface area contributed by atoms with Crippen LogP contribution in [0.5, 0.6) is 0 Å². The molecule has 12 heavy (non-hydrogen) atoms. The second kappa shape index (κ2) is 7.39. The van der Waals surface area contributed by atoms with Crippen LogP contribution in [0.2, 0.25) is 0 Å². The largest absolute Gasteiger partial charge is 0.103 e. The van der Waals surface area contributed by atoms with Crippen molar-refractivity contribution in [2.45, 2.75) is 52.9 Å². The van der Waals surface area contributed by atoms with Gasteiger partial charge in [-0.25, -0.2) is 0 Å². The molecule has 0 aromatic carbocycles. The van der Waals surface area contributed by atoms with Crippen molar-refractivity contribution in [1.82, 2.24) is 0 Å². The van der Waals surface area contributed by atoms with E-state index in [2.05, 4.69) is 33.4 Å². The molecule has 0 saturated heterocycles. The summed E-state index contributed by atoms with van der Waals surface area (Å²) >= 11 is 0. The van der Waals surface area contributed by atoms with Crippen LogP contribution in [-0.4, -0.2) is 0 Å². The van der Waals surface area contributed by atoms with Gasteiger partial charge in [0, 0.05) is 0 Å². The minimum atomic E-state index is 0.758. The molecule has 0 bridgehead atoms. The number of allylic oxidation sites excluding steroid dienone is 1. The Bertz CT molecular complexity index is 105. The maximum Gasteiger partial charge on any atom is -0.0239 e. The molecular weight excluding hydrogens is 144 g/mol. The van der Waals surface area contributed by atoms with Crippen LogP contribution in [0.25, 0.3) is 0 Å². The Morgan fingerprint density at radius 2 is 1.83 bits per heavy atom. The van der Waals surface area contributed by atoms with Crippen molar-refractivity contribution in [3.8, 4) is 0 Å². The van der Waals surface area contributed by atoms with E-state index in [0.29, 0.717) is 0 Å². The highest BCUT2D eigenvalue weighted by molar-refractivity contribution is 4.77. The Morgan fingerprint density at radius 3 is 2.25 bits per heavy atom. The fraction of sp³-hybridized carbons (Fsp3) is 0.833. The topological polar surface area (TPSA) is 0 Å². The summed E-state index contributed by atoms with van der Waals surface area (Å²) in [6.07, 6.45) is 8.79. The summed E-state index contributed by atoms with van der Waals surface area (Å²) < 4.78 is 0. The second-order valence-corrected chi connectivity index (χ2v) is 3.85. The predicted molar refractivity (Wildman–Crippen MR) is 57.3 cm³/mol. The summed E-state index contributed by atoms with van der Waals surface area (Å²) in [5, 5.41) is 0. The first-order valence-electron chi connectivity index (χ1n) is 5.37. The van der Waals surface area contributed by atoms with Gasteiger partial charge in [-0.3, -0.25) is 0 Å². The monoisotopic (exact) mass is 168 g/mol. The van der Waals surface area contributed by atoms with Crippen LogP contribution in [0, 0.1) is 11.8 Å². The average Bonchev–Trinajstić information content (AvgIpc) is 2.12. The molecule has 0 aliphatic heterocycles. The van der Waals surface area contributed by atoms with Crippen molar-refractivity contribution in [2.75, 3.05) is 0 Å². The lowest BCUT2D eigenvalue weighted by Crippen LogP contribution is -1.97. The van der Waals surface area contributed by atoms with Gasteiger partial charge in [-0.15, -0.1) is 6.58 Å². The minimum absolute atomic E-state index is 0.758. The van der Waals surface area contributed by atoms with Gasteiger partial charge in [0.15, 0.2) is 0 Å². The van der Waals surface area contributed by atoms with Gasteiger partial charge >= 0.3 is 0 Å². The standard InChI is InChI=1S/C12H24/c1-5-11(4)9-8-10-12(6-2)7-3/h6,11-12H,2,5,7-10H2,1,3-4H3. The molecule has 0 aromatic rings. The first-order chi connectivity index (χ1) is 5.74. The van der Waals surface area contributed by atoms with E-state index in [9.17, 15) is 0 Å². The van der Waals surface area contributed by atoms with Gasteiger partial charge < -0.3 is 0 Å². The van der Waals surface area contributed by atoms with Gasteiger partial charge in [-0.2, -0.15) is 0 Å². The maximum absolute atomic E-state index is 3.85. The lowest BCUT2D eigenvalue weighted by molar-refractivity contribution is 0.448. The molecule has 0 heterocycles. The fourth-order valence-corrected chi connectivity index (χ4v) is 1.42. The van der Waals surface area contributed by atoms with Crippen LogP contribution in [0.3, 0.4) is 0 Å². The first-order valence-corrected chi connectivity index (χ1v) is 5.37. The second-order valence-electron chi connectivity index (χ2n) is 3.85. The zero-order valence-electron chi connectivity index (χ0n) is 8.97. The SMILES string of the molecule is C=CC(CC)CCCC(C)CC. The molecule has 2 unspecified atom stereocenters. The lowest BCUT2D eigenvalue weighted by Gasteiger charge is -2.11. The van der Waals surface area contributed by atoms with E-state index in [1.165, 1.54) is 32.1 Å². The molecule has 0 fully saturated rings. The average molecular weight is 168 g/mol. The Balaban J connectivity index is 3.34. The Morgan fingerprint density at radius 1 is 1.17 bits per heavy atom. The fourth-order valence-electron chi connectivity index (χ4n) is 1.42. The van der Waals surface area contributed by atoms with Crippen LogP contribution in [-0.2, 0) is 0 Å². The molecule has 0 amide bonds. The van der Waals surface area contributed by atoms with Crippen LogP contribution in [0.15, 0.2) is 12.7 Å². The molecule has 0 spiro atoms. The van der Waals surface area contributed by atoms with Crippen molar-refractivity contribution in [1.29, 1.82) is 0 Å². The normalized spacial score (nSPS) is 15.6. The molecule has 0 N–H and O–H groups in total. The van der Waals surface area contributed by atoms with Crippen LogP contribution < -0.4 is 0 Å². The summed E-state index contributed by atoms with van der Waals surface area (Å²) in [6, 6.07) is 0. The Labute approximate surface area is 78.1 Å². The summed E-state index contributed by atoms with van der Waals surface area (Å²) in [4.78, 5) is 0. The molecule has 0 nitrogen and oxygen atoms in total. The van der Waals surface area contributed by atoms with Crippen molar-refractivity contribution < 1.29 is 0 Å². The number of hydrogen-bond acceptors (Lipinski definition) is 0. The quantitative estimate of drug-likeness (QED) is 0.494. The highest BCUT2D eigenvalue weighted by atomic mass is 14.1. The van der Waals surface area contributed by atoms with Crippen molar-refractivity contribution in [3.05, 3.63) is 12.7 Å². The third-order valence-corrected chi connectivity index (χ3v) is 2.83. The smallest absolute Gasteiger partial charge is 0.0239 e. The highest BCUT2D eigenvalue weighted by Crippen LogP contribution is 2.17. The molecule has 72 valence electrons. The van der Waals surface area contributed by atoms with Gasteiger partial charge in [-0.05, 0) is 24.7 Å². The molecule has 0 saturated carbocycles. The first kappa shape index (κ1) is 11.7. The van der Waals surface area contributed by atoms with Crippen molar-refractivity contribution in [2.24, 2.45) is 11.8 Å². The summed E-state index contributed by atoms with van der Waals surface area (Å²) in [6.45, 7) is 10.7. The number of hydrogen-bond donors (Lipinski definition) is 0. The van der Waals surface area contributed by atoms with Gasteiger partial charge in [0.25, 0.3) is 0 Å².